The molecule has 2 nitrogen and oxygen atoms in total. The molecule has 0 heterocycles. The fraction of sp³-hybridized carbons (Fsp3) is 0.750. The molecule has 1 atom stereocenters. The van der Waals surface area contributed by atoms with Crippen LogP contribution >= 0.6 is 0 Å². The van der Waals surface area contributed by atoms with Crippen molar-refractivity contribution >= 4 is 5.91 Å². The van der Waals surface area contributed by atoms with Gasteiger partial charge >= 0.3 is 0 Å². The van der Waals surface area contributed by atoms with Gasteiger partial charge in [0.05, 0.1) is 5.92 Å². The van der Waals surface area contributed by atoms with Crippen LogP contribution in [0.25, 0.3) is 0 Å². The summed E-state index contributed by atoms with van der Waals surface area (Å²) in [5.74, 6) is 0.113. The molecule has 0 aromatic heterocycles. The summed E-state index contributed by atoms with van der Waals surface area (Å²) in [6.45, 7) is 15.8. The molecule has 14 heavy (non-hydrogen) atoms. The zero-order chi connectivity index (χ0) is 11.5. The summed E-state index contributed by atoms with van der Waals surface area (Å²) in [6, 6.07) is 0.508. The van der Waals surface area contributed by atoms with Gasteiger partial charge in [0.25, 0.3) is 0 Å². The first-order valence-electron chi connectivity index (χ1n) is 5.26. The second kappa shape index (κ2) is 5.18. The molecular formula is C12H23NO. The number of hydrogen-bond acceptors (Lipinski definition) is 1. The molecule has 0 N–H and O–H groups in total. The average molecular weight is 197 g/mol. The molecule has 2 heteroatoms. The van der Waals surface area contributed by atoms with E-state index < -0.39 is 0 Å². The zero-order valence-corrected chi connectivity index (χ0v) is 10.3. The lowest BCUT2D eigenvalue weighted by Gasteiger charge is -2.33. The van der Waals surface area contributed by atoms with Gasteiger partial charge in [0, 0.05) is 12.1 Å². The highest BCUT2D eigenvalue weighted by Crippen LogP contribution is 2.15. The van der Waals surface area contributed by atoms with E-state index in [-0.39, 0.29) is 23.9 Å². The normalized spacial score (nSPS) is 13.1. The minimum Gasteiger partial charge on any atom is -0.337 e. The molecule has 1 amide bonds. The molecule has 0 aliphatic rings. The summed E-state index contributed by atoms with van der Waals surface area (Å²) in [5.41, 5.74) is 0.932. The van der Waals surface area contributed by atoms with E-state index in [1.807, 2.05) is 46.4 Å². The molecule has 0 aliphatic heterocycles. The first kappa shape index (κ1) is 13.2. The van der Waals surface area contributed by atoms with Crippen LogP contribution in [0.15, 0.2) is 12.2 Å². The highest BCUT2D eigenvalue weighted by atomic mass is 16.2. The zero-order valence-electron chi connectivity index (χ0n) is 10.3. The fourth-order valence-corrected chi connectivity index (χ4v) is 1.54. The lowest BCUT2D eigenvalue weighted by molar-refractivity contribution is -0.137. The summed E-state index contributed by atoms with van der Waals surface area (Å²) < 4.78 is 0. The van der Waals surface area contributed by atoms with Crippen molar-refractivity contribution in [1.29, 1.82) is 0 Å². The molecule has 0 aromatic carbocycles. The van der Waals surface area contributed by atoms with Crippen molar-refractivity contribution in [3.63, 3.8) is 0 Å². The molecule has 0 bridgehead atoms. The maximum absolute atomic E-state index is 12.0. The van der Waals surface area contributed by atoms with Gasteiger partial charge in [-0.25, -0.2) is 0 Å². The Balaban J connectivity index is 4.69. The largest absolute Gasteiger partial charge is 0.337 e. The number of hydrogen-bond donors (Lipinski definition) is 0. The smallest absolute Gasteiger partial charge is 0.229 e. The van der Waals surface area contributed by atoms with Gasteiger partial charge in [-0.2, -0.15) is 0 Å². The number of carbonyl (C=O) groups is 1. The van der Waals surface area contributed by atoms with E-state index in [9.17, 15) is 4.79 Å². The fourth-order valence-electron chi connectivity index (χ4n) is 1.54. The number of nitrogens with zero attached hydrogens (tertiary/aromatic N) is 1. The first-order chi connectivity index (χ1) is 6.29. The minimum absolute atomic E-state index is 0.0696. The Kier molecular flexibility index (Phi) is 4.89. The van der Waals surface area contributed by atoms with Crippen LogP contribution in [0, 0.1) is 5.92 Å². The lowest BCUT2D eigenvalue weighted by atomic mass is 10.0. The SMILES string of the molecule is C=C(C)[C@@H](C)C(=O)N(C(C)C)C(C)C. The van der Waals surface area contributed by atoms with Crippen LogP contribution in [-0.2, 0) is 4.79 Å². The van der Waals surface area contributed by atoms with Crippen LogP contribution in [0.3, 0.4) is 0 Å². The molecule has 0 aromatic rings. The molecular weight excluding hydrogens is 174 g/mol. The summed E-state index contributed by atoms with van der Waals surface area (Å²) >= 11 is 0. The molecule has 0 radical (unpaired) electrons. The van der Waals surface area contributed by atoms with Crippen LogP contribution in [0.2, 0.25) is 0 Å². The molecule has 0 saturated heterocycles. The third-order valence-corrected chi connectivity index (χ3v) is 2.48. The lowest BCUT2D eigenvalue weighted by Crippen LogP contribution is -2.44. The highest BCUT2D eigenvalue weighted by molar-refractivity contribution is 5.81. The van der Waals surface area contributed by atoms with Crippen LogP contribution < -0.4 is 0 Å². The predicted octanol–water partition coefficient (Wildman–Crippen LogP) is 2.84. The Hall–Kier alpha value is -0.790. The second-order valence-corrected chi connectivity index (χ2v) is 4.50. The van der Waals surface area contributed by atoms with Crippen LogP contribution in [0.5, 0.6) is 0 Å². The van der Waals surface area contributed by atoms with E-state index in [0.717, 1.165) is 5.57 Å². The van der Waals surface area contributed by atoms with Gasteiger partial charge in [0.2, 0.25) is 5.91 Å². The number of amides is 1. The Morgan fingerprint density at radius 3 is 1.64 bits per heavy atom. The van der Waals surface area contributed by atoms with Gasteiger partial charge in [0.1, 0.15) is 0 Å². The van der Waals surface area contributed by atoms with Crippen molar-refractivity contribution in [3.05, 3.63) is 12.2 Å². The van der Waals surface area contributed by atoms with E-state index in [1.165, 1.54) is 0 Å². The van der Waals surface area contributed by atoms with Gasteiger partial charge in [-0.1, -0.05) is 12.2 Å². The third-order valence-electron chi connectivity index (χ3n) is 2.48. The van der Waals surface area contributed by atoms with E-state index in [4.69, 9.17) is 0 Å². The van der Waals surface area contributed by atoms with Gasteiger partial charge in [-0.15, -0.1) is 0 Å². The Bertz CT molecular complexity index is 210. The van der Waals surface area contributed by atoms with Crippen molar-refractivity contribution in [2.24, 2.45) is 5.92 Å². The predicted molar refractivity (Wildman–Crippen MR) is 61.1 cm³/mol. The molecule has 0 fully saturated rings. The van der Waals surface area contributed by atoms with Crippen molar-refractivity contribution in [2.75, 3.05) is 0 Å². The van der Waals surface area contributed by atoms with Gasteiger partial charge in [-0.3, -0.25) is 4.79 Å². The standard InChI is InChI=1S/C12H23NO/c1-8(2)11(7)12(14)13(9(3)4)10(5)6/h9-11H,1H2,2-7H3/t11-/m1/s1. The molecule has 0 spiro atoms. The van der Waals surface area contributed by atoms with E-state index in [0.29, 0.717) is 0 Å². The van der Waals surface area contributed by atoms with Gasteiger partial charge in [0.15, 0.2) is 0 Å². The molecule has 0 rings (SSSR count). The minimum atomic E-state index is -0.0696. The monoisotopic (exact) mass is 197 g/mol. The quantitative estimate of drug-likeness (QED) is 0.635. The number of carbonyl (C=O) groups excluding carboxylic acids is 1. The summed E-state index contributed by atoms with van der Waals surface area (Å²) in [7, 11) is 0. The van der Waals surface area contributed by atoms with Crippen LogP contribution in [-0.4, -0.2) is 22.9 Å². The van der Waals surface area contributed by atoms with Crippen molar-refractivity contribution in [3.8, 4) is 0 Å². The third kappa shape index (κ3) is 3.17. The summed E-state index contributed by atoms with van der Waals surface area (Å²) in [5, 5.41) is 0. The first-order valence-corrected chi connectivity index (χ1v) is 5.26. The molecule has 0 aliphatic carbocycles. The van der Waals surface area contributed by atoms with Crippen molar-refractivity contribution in [2.45, 2.75) is 53.6 Å². The van der Waals surface area contributed by atoms with Gasteiger partial charge in [-0.05, 0) is 41.5 Å². The Morgan fingerprint density at radius 2 is 1.43 bits per heavy atom. The molecule has 0 saturated carbocycles. The van der Waals surface area contributed by atoms with Crippen LogP contribution in [0.4, 0.5) is 0 Å². The van der Waals surface area contributed by atoms with Crippen molar-refractivity contribution in [1.82, 2.24) is 4.90 Å². The number of rotatable bonds is 4. The highest BCUT2D eigenvalue weighted by Gasteiger charge is 2.24. The Labute approximate surface area is 88.0 Å². The maximum Gasteiger partial charge on any atom is 0.229 e. The van der Waals surface area contributed by atoms with E-state index in [2.05, 4.69) is 6.58 Å². The maximum atomic E-state index is 12.0. The molecule has 82 valence electrons. The Morgan fingerprint density at radius 1 is 1.07 bits per heavy atom. The second-order valence-electron chi connectivity index (χ2n) is 4.50. The van der Waals surface area contributed by atoms with E-state index >= 15 is 0 Å². The van der Waals surface area contributed by atoms with Gasteiger partial charge < -0.3 is 4.90 Å². The average Bonchev–Trinajstić information content (AvgIpc) is 2.01. The summed E-state index contributed by atoms with van der Waals surface area (Å²) in [6.07, 6.45) is 0. The van der Waals surface area contributed by atoms with Crippen LogP contribution in [0.1, 0.15) is 41.5 Å². The molecule has 0 unspecified atom stereocenters. The van der Waals surface area contributed by atoms with E-state index in [1.54, 1.807) is 0 Å². The summed E-state index contributed by atoms with van der Waals surface area (Å²) in [4.78, 5) is 13.9. The van der Waals surface area contributed by atoms with Crippen molar-refractivity contribution < 1.29 is 4.79 Å². The topological polar surface area (TPSA) is 20.3 Å².